The number of urea groups is 1. The van der Waals surface area contributed by atoms with Gasteiger partial charge in [-0.15, -0.1) is 0 Å². The van der Waals surface area contributed by atoms with Crippen molar-refractivity contribution < 1.29 is 27.9 Å². The van der Waals surface area contributed by atoms with E-state index >= 15 is 0 Å². The van der Waals surface area contributed by atoms with Gasteiger partial charge in [0.05, 0.1) is 17.4 Å². The van der Waals surface area contributed by atoms with E-state index in [1.165, 1.54) is 44.2 Å². The maximum atomic E-state index is 13.2. The van der Waals surface area contributed by atoms with Gasteiger partial charge in [0.1, 0.15) is 0 Å². The van der Waals surface area contributed by atoms with Crippen LogP contribution in [0, 0.1) is 17.8 Å². The minimum Gasteiger partial charge on any atom is -0.481 e. The highest BCUT2D eigenvalue weighted by atomic mass is 32.2. The van der Waals surface area contributed by atoms with Gasteiger partial charge < -0.3 is 21.1 Å². The van der Waals surface area contributed by atoms with Crippen LogP contribution in [0.25, 0.3) is 0 Å². The Labute approximate surface area is 242 Å². The summed E-state index contributed by atoms with van der Waals surface area (Å²) in [5.41, 5.74) is 1.69. The van der Waals surface area contributed by atoms with Crippen molar-refractivity contribution in [2.45, 2.75) is 75.1 Å². The average Bonchev–Trinajstić information content (AvgIpc) is 2.96. The first-order chi connectivity index (χ1) is 19.6. The number of carboxylic acid groups (broad SMARTS) is 1. The molecule has 41 heavy (non-hydrogen) atoms. The largest absolute Gasteiger partial charge is 0.481 e. The Morgan fingerprint density at radius 3 is 2.20 bits per heavy atom. The molecule has 0 bridgehead atoms. The number of hydrogen-bond donors (Lipinski definition) is 4. The normalized spacial score (nSPS) is 20.5. The quantitative estimate of drug-likeness (QED) is 0.289. The standard InChI is InChI=1S/C31H41N3O6S/c1-41(39,40)27-9-5-8-26(20-27)33-31(38)34-29(23-12-10-22(11-13-23)21-6-3-2-4-7-21)24-14-16-25(17-15-24)30(37)32-19-18-28(35)36/h5,8-9,14-17,20-23,29H,2-4,6-7,10-13,18-19H2,1H3,(H,32,37)(H,35,36)(H2,33,34,38). The van der Waals surface area contributed by atoms with Crippen molar-refractivity contribution in [2.24, 2.45) is 17.8 Å². The fourth-order valence-corrected chi connectivity index (χ4v) is 7.04. The Morgan fingerprint density at radius 2 is 1.56 bits per heavy atom. The number of rotatable bonds is 10. The molecule has 0 saturated heterocycles. The average molecular weight is 584 g/mol. The third-order valence-electron chi connectivity index (χ3n) is 8.57. The van der Waals surface area contributed by atoms with Crippen LogP contribution < -0.4 is 16.0 Å². The first kappa shape index (κ1) is 30.6. The van der Waals surface area contributed by atoms with Crippen molar-refractivity contribution in [2.75, 3.05) is 18.1 Å². The van der Waals surface area contributed by atoms with Gasteiger partial charge in [-0.2, -0.15) is 0 Å². The molecule has 10 heteroatoms. The number of anilines is 1. The van der Waals surface area contributed by atoms with E-state index in [0.29, 0.717) is 11.3 Å². The molecule has 1 unspecified atom stereocenters. The molecular formula is C31H41N3O6S. The van der Waals surface area contributed by atoms with Gasteiger partial charge in [0.25, 0.3) is 5.91 Å². The van der Waals surface area contributed by atoms with E-state index in [4.69, 9.17) is 5.11 Å². The summed E-state index contributed by atoms with van der Waals surface area (Å²) < 4.78 is 23.9. The van der Waals surface area contributed by atoms with Crippen molar-refractivity contribution in [3.8, 4) is 0 Å². The molecule has 4 N–H and O–H groups in total. The number of sulfone groups is 1. The lowest BCUT2D eigenvalue weighted by atomic mass is 9.69. The van der Waals surface area contributed by atoms with Crippen LogP contribution in [0.1, 0.15) is 86.2 Å². The molecule has 0 radical (unpaired) electrons. The SMILES string of the molecule is CS(=O)(=O)c1cccc(NC(=O)NC(c2ccc(C(=O)NCCC(=O)O)cc2)C2CCC(C3CCCCC3)CC2)c1. The predicted molar refractivity (Wildman–Crippen MR) is 157 cm³/mol. The Bertz CT molecular complexity index is 1310. The smallest absolute Gasteiger partial charge is 0.319 e. The van der Waals surface area contributed by atoms with E-state index in [2.05, 4.69) is 16.0 Å². The van der Waals surface area contributed by atoms with Crippen LogP contribution in [-0.2, 0) is 14.6 Å². The van der Waals surface area contributed by atoms with Crippen molar-refractivity contribution in [3.63, 3.8) is 0 Å². The van der Waals surface area contributed by atoms with Gasteiger partial charge in [-0.05, 0) is 79.3 Å². The minimum atomic E-state index is -3.41. The number of carbonyl (C=O) groups excluding carboxylic acids is 2. The van der Waals surface area contributed by atoms with Gasteiger partial charge in [-0.3, -0.25) is 9.59 Å². The van der Waals surface area contributed by atoms with E-state index in [0.717, 1.165) is 49.3 Å². The number of aliphatic carboxylic acids is 1. The van der Waals surface area contributed by atoms with Gasteiger partial charge in [0.15, 0.2) is 9.84 Å². The summed E-state index contributed by atoms with van der Waals surface area (Å²) >= 11 is 0. The van der Waals surface area contributed by atoms with Crippen molar-refractivity contribution in [1.29, 1.82) is 0 Å². The second-order valence-corrected chi connectivity index (χ2v) is 13.5. The summed E-state index contributed by atoms with van der Waals surface area (Å²) in [5, 5.41) is 17.3. The molecule has 2 aliphatic rings. The number of nitrogens with one attached hydrogen (secondary N) is 3. The van der Waals surface area contributed by atoms with Crippen molar-refractivity contribution in [3.05, 3.63) is 59.7 Å². The lowest BCUT2D eigenvalue weighted by molar-refractivity contribution is -0.136. The van der Waals surface area contributed by atoms with Gasteiger partial charge in [-0.25, -0.2) is 13.2 Å². The Morgan fingerprint density at radius 1 is 0.902 bits per heavy atom. The summed E-state index contributed by atoms with van der Waals surface area (Å²) in [6.45, 7) is 0.0467. The Kier molecular flexibility index (Phi) is 10.4. The number of amides is 3. The molecule has 2 fully saturated rings. The maximum Gasteiger partial charge on any atom is 0.319 e. The molecule has 0 aromatic heterocycles. The zero-order valence-corrected chi connectivity index (χ0v) is 24.4. The molecule has 0 aliphatic heterocycles. The Hall–Kier alpha value is -3.40. The highest BCUT2D eigenvalue weighted by molar-refractivity contribution is 7.90. The Balaban J connectivity index is 1.47. The van der Waals surface area contributed by atoms with Crippen LogP contribution in [0.15, 0.2) is 53.4 Å². The second kappa shape index (κ2) is 14.0. The summed E-state index contributed by atoms with van der Waals surface area (Å²) in [7, 11) is -3.41. The molecule has 2 aromatic rings. The third kappa shape index (κ3) is 8.79. The summed E-state index contributed by atoms with van der Waals surface area (Å²) in [4.78, 5) is 36.5. The molecule has 2 aromatic carbocycles. The monoisotopic (exact) mass is 583 g/mol. The van der Waals surface area contributed by atoms with Crippen LogP contribution >= 0.6 is 0 Å². The molecule has 222 valence electrons. The van der Waals surface area contributed by atoms with Gasteiger partial charge in [0.2, 0.25) is 0 Å². The summed E-state index contributed by atoms with van der Waals surface area (Å²) in [6, 6.07) is 12.5. The van der Waals surface area contributed by atoms with E-state index < -0.39 is 21.8 Å². The van der Waals surface area contributed by atoms with Crippen LogP contribution in [0.5, 0.6) is 0 Å². The molecule has 9 nitrogen and oxygen atoms in total. The third-order valence-corrected chi connectivity index (χ3v) is 9.68. The molecule has 1 atom stereocenters. The van der Waals surface area contributed by atoms with E-state index in [-0.39, 0.29) is 35.7 Å². The molecule has 2 aliphatic carbocycles. The summed E-state index contributed by atoms with van der Waals surface area (Å²) in [6.07, 6.45) is 11.9. The molecule has 4 rings (SSSR count). The van der Waals surface area contributed by atoms with Crippen LogP contribution in [0.2, 0.25) is 0 Å². The minimum absolute atomic E-state index is 0.0467. The van der Waals surface area contributed by atoms with E-state index in [1.54, 1.807) is 24.3 Å². The van der Waals surface area contributed by atoms with Crippen molar-refractivity contribution in [1.82, 2.24) is 10.6 Å². The van der Waals surface area contributed by atoms with Gasteiger partial charge >= 0.3 is 12.0 Å². The zero-order chi connectivity index (χ0) is 29.4. The fourth-order valence-electron chi connectivity index (χ4n) is 6.37. The van der Waals surface area contributed by atoms with Crippen LogP contribution in [-0.4, -0.2) is 44.2 Å². The van der Waals surface area contributed by atoms with Gasteiger partial charge in [0, 0.05) is 24.1 Å². The first-order valence-electron chi connectivity index (χ1n) is 14.6. The van der Waals surface area contributed by atoms with E-state index in [1.807, 2.05) is 12.1 Å². The lowest BCUT2D eigenvalue weighted by Crippen LogP contribution is -2.38. The molecule has 0 heterocycles. The molecular weight excluding hydrogens is 542 g/mol. The number of hydrogen-bond acceptors (Lipinski definition) is 5. The number of carbonyl (C=O) groups is 3. The number of carboxylic acids is 1. The predicted octanol–water partition coefficient (Wildman–Crippen LogP) is 5.54. The summed E-state index contributed by atoms with van der Waals surface area (Å²) in [5.74, 6) is 0.433. The number of benzene rings is 2. The molecule has 0 spiro atoms. The zero-order valence-electron chi connectivity index (χ0n) is 23.6. The maximum absolute atomic E-state index is 13.2. The molecule has 2 saturated carbocycles. The molecule has 3 amide bonds. The van der Waals surface area contributed by atoms with Gasteiger partial charge in [-0.1, -0.05) is 50.3 Å². The topological polar surface area (TPSA) is 142 Å². The van der Waals surface area contributed by atoms with Crippen LogP contribution in [0.4, 0.5) is 10.5 Å². The van der Waals surface area contributed by atoms with E-state index in [9.17, 15) is 22.8 Å². The highest BCUT2D eigenvalue weighted by Gasteiger charge is 2.33. The second-order valence-electron chi connectivity index (χ2n) is 11.5. The lowest BCUT2D eigenvalue weighted by Gasteiger charge is -2.38. The first-order valence-corrected chi connectivity index (χ1v) is 16.5. The highest BCUT2D eigenvalue weighted by Crippen LogP contribution is 2.43. The van der Waals surface area contributed by atoms with Crippen LogP contribution in [0.3, 0.4) is 0 Å². The fraction of sp³-hybridized carbons (Fsp3) is 0.516. The van der Waals surface area contributed by atoms with Crippen molar-refractivity contribution >= 4 is 33.4 Å².